The number of allylic oxidation sites excluding steroid dienone is 2. The summed E-state index contributed by atoms with van der Waals surface area (Å²) in [5.41, 5.74) is 1.85. The summed E-state index contributed by atoms with van der Waals surface area (Å²) in [5.74, 6) is 0.553. The molecular formula is C21H25ClO2. The summed E-state index contributed by atoms with van der Waals surface area (Å²) >= 11 is 6.35. The first kappa shape index (κ1) is 17.4. The first-order valence-electron chi connectivity index (χ1n) is 8.95. The molecule has 2 nitrogen and oxygen atoms in total. The molecule has 3 rings (SSSR count). The number of Topliss-reactive ketones (excluding diaryl/α,β-unsaturated/α-hetero) is 2. The number of hydrogen-bond acceptors (Lipinski definition) is 2. The summed E-state index contributed by atoms with van der Waals surface area (Å²) in [6.45, 7) is 6.90. The van der Waals surface area contributed by atoms with Crippen molar-refractivity contribution in [3.05, 3.63) is 46.0 Å². The molecule has 2 aliphatic rings. The Labute approximate surface area is 149 Å². The Morgan fingerprint density at radius 3 is 2.08 bits per heavy atom. The van der Waals surface area contributed by atoms with E-state index in [1.165, 1.54) is 0 Å². The van der Waals surface area contributed by atoms with Crippen LogP contribution >= 0.6 is 11.6 Å². The predicted octanol–water partition coefficient (Wildman–Crippen LogP) is 5.80. The third-order valence-corrected chi connectivity index (χ3v) is 6.62. The molecule has 1 aromatic carbocycles. The molecule has 0 heterocycles. The average Bonchev–Trinajstić information content (AvgIpc) is 2.60. The van der Waals surface area contributed by atoms with E-state index in [9.17, 15) is 9.59 Å². The topological polar surface area (TPSA) is 34.1 Å². The van der Waals surface area contributed by atoms with Crippen molar-refractivity contribution >= 4 is 23.2 Å². The molecule has 0 saturated heterocycles. The monoisotopic (exact) mass is 344 g/mol. The molecule has 0 aliphatic heterocycles. The molecule has 0 spiro atoms. The van der Waals surface area contributed by atoms with Gasteiger partial charge in [0.25, 0.3) is 0 Å². The van der Waals surface area contributed by atoms with Crippen LogP contribution in [-0.2, 0) is 0 Å². The lowest BCUT2D eigenvalue weighted by molar-refractivity contribution is 0.0948. The lowest BCUT2D eigenvalue weighted by Crippen LogP contribution is -2.31. The number of carbonyl (C=O) groups excluding carboxylic acids is 2. The van der Waals surface area contributed by atoms with E-state index < -0.39 is 0 Å². The first-order chi connectivity index (χ1) is 11.4. The molecule has 3 heteroatoms. The van der Waals surface area contributed by atoms with Crippen LogP contribution < -0.4 is 0 Å². The highest BCUT2D eigenvalue weighted by atomic mass is 35.5. The van der Waals surface area contributed by atoms with Gasteiger partial charge in [0, 0.05) is 16.7 Å². The van der Waals surface area contributed by atoms with Crippen molar-refractivity contribution in [3.63, 3.8) is 0 Å². The smallest absolute Gasteiger partial charge is 0.205 e. The van der Waals surface area contributed by atoms with E-state index in [1.54, 1.807) is 18.2 Å². The lowest BCUT2D eigenvalue weighted by Gasteiger charge is -2.39. The fourth-order valence-electron chi connectivity index (χ4n) is 4.18. The number of halogens is 1. The van der Waals surface area contributed by atoms with Crippen molar-refractivity contribution in [2.45, 2.75) is 52.9 Å². The van der Waals surface area contributed by atoms with Crippen LogP contribution in [0.1, 0.15) is 73.6 Å². The van der Waals surface area contributed by atoms with Gasteiger partial charge in [-0.3, -0.25) is 9.59 Å². The third-order valence-electron chi connectivity index (χ3n) is 6.25. The molecule has 1 aromatic rings. The Hall–Kier alpha value is -1.41. The Bertz CT molecular complexity index is 706. The minimum atomic E-state index is -0.196. The van der Waals surface area contributed by atoms with E-state index in [-0.39, 0.29) is 22.5 Å². The summed E-state index contributed by atoms with van der Waals surface area (Å²) in [7, 11) is 0. The van der Waals surface area contributed by atoms with E-state index in [2.05, 4.69) is 20.8 Å². The second kappa shape index (κ2) is 6.48. The minimum Gasteiger partial charge on any atom is -0.289 e. The predicted molar refractivity (Wildman–Crippen MR) is 97.5 cm³/mol. The standard InChI is InChI=1S/C21H25ClO2/c1-4-21(2,3)14-11-9-13(10-12-14)17-18(22)20(24)16-8-6-5-7-15(16)19(17)23/h5-8,13-14H,4,9-12H2,1-3H3. The molecule has 0 unspecified atom stereocenters. The Morgan fingerprint density at radius 1 is 1.00 bits per heavy atom. The molecular weight excluding hydrogens is 320 g/mol. The molecule has 0 bridgehead atoms. The van der Waals surface area contributed by atoms with Crippen molar-refractivity contribution in [2.75, 3.05) is 0 Å². The van der Waals surface area contributed by atoms with Gasteiger partial charge in [-0.1, -0.05) is 63.1 Å². The molecule has 0 amide bonds. The van der Waals surface area contributed by atoms with Gasteiger partial charge >= 0.3 is 0 Å². The molecule has 1 fully saturated rings. The van der Waals surface area contributed by atoms with E-state index >= 15 is 0 Å². The van der Waals surface area contributed by atoms with Crippen molar-refractivity contribution in [2.24, 2.45) is 17.3 Å². The van der Waals surface area contributed by atoms with Crippen LogP contribution in [0, 0.1) is 17.3 Å². The Morgan fingerprint density at radius 2 is 1.54 bits per heavy atom. The molecule has 0 aromatic heterocycles. The third kappa shape index (κ3) is 2.86. The number of fused-ring (bicyclic) bond motifs is 1. The van der Waals surface area contributed by atoms with Crippen molar-refractivity contribution < 1.29 is 9.59 Å². The lowest BCUT2D eigenvalue weighted by atomic mass is 9.65. The van der Waals surface area contributed by atoms with Gasteiger partial charge in [-0.25, -0.2) is 0 Å². The van der Waals surface area contributed by atoms with E-state index in [4.69, 9.17) is 11.6 Å². The fourth-order valence-corrected chi connectivity index (χ4v) is 4.52. The number of benzene rings is 1. The van der Waals surface area contributed by atoms with E-state index in [0.717, 1.165) is 32.1 Å². The molecule has 24 heavy (non-hydrogen) atoms. The summed E-state index contributed by atoms with van der Waals surface area (Å²) < 4.78 is 0. The van der Waals surface area contributed by atoms with Gasteiger partial charge in [0.05, 0.1) is 5.03 Å². The fraction of sp³-hybridized carbons (Fsp3) is 0.524. The van der Waals surface area contributed by atoms with Crippen LogP contribution in [0.2, 0.25) is 0 Å². The Balaban J connectivity index is 1.85. The molecule has 2 aliphatic carbocycles. The molecule has 0 atom stereocenters. The summed E-state index contributed by atoms with van der Waals surface area (Å²) in [6.07, 6.45) is 5.25. The van der Waals surface area contributed by atoms with Crippen molar-refractivity contribution in [1.29, 1.82) is 0 Å². The SMILES string of the molecule is CCC(C)(C)C1CCC(C2=C(Cl)C(=O)c3ccccc3C2=O)CC1. The van der Waals surface area contributed by atoms with Gasteiger partial charge in [-0.15, -0.1) is 0 Å². The highest BCUT2D eigenvalue weighted by molar-refractivity contribution is 6.50. The zero-order valence-corrected chi connectivity index (χ0v) is 15.5. The Kier molecular flexibility index (Phi) is 4.70. The van der Waals surface area contributed by atoms with E-state index in [0.29, 0.717) is 28.0 Å². The maximum absolute atomic E-state index is 12.9. The number of rotatable bonds is 3. The van der Waals surface area contributed by atoms with Crippen LogP contribution in [0.5, 0.6) is 0 Å². The second-order valence-electron chi connectivity index (χ2n) is 7.82. The highest BCUT2D eigenvalue weighted by Crippen LogP contribution is 2.46. The van der Waals surface area contributed by atoms with Crippen LogP contribution in [0.25, 0.3) is 0 Å². The molecule has 0 N–H and O–H groups in total. The van der Waals surface area contributed by atoms with Gasteiger partial charge in [-0.05, 0) is 42.9 Å². The number of ketones is 2. The number of carbonyl (C=O) groups is 2. The second-order valence-corrected chi connectivity index (χ2v) is 8.20. The van der Waals surface area contributed by atoms with Gasteiger partial charge in [0.2, 0.25) is 5.78 Å². The summed E-state index contributed by atoms with van der Waals surface area (Å²) in [6, 6.07) is 7.01. The number of hydrogen-bond donors (Lipinski definition) is 0. The maximum atomic E-state index is 12.9. The summed E-state index contributed by atoms with van der Waals surface area (Å²) in [4.78, 5) is 25.5. The summed E-state index contributed by atoms with van der Waals surface area (Å²) in [5, 5.41) is 0.150. The zero-order chi connectivity index (χ0) is 17.5. The van der Waals surface area contributed by atoms with Gasteiger partial charge < -0.3 is 0 Å². The van der Waals surface area contributed by atoms with Gasteiger partial charge in [0.15, 0.2) is 5.78 Å². The van der Waals surface area contributed by atoms with Crippen molar-refractivity contribution in [1.82, 2.24) is 0 Å². The molecule has 0 radical (unpaired) electrons. The molecule has 1 saturated carbocycles. The van der Waals surface area contributed by atoms with Crippen LogP contribution in [0.4, 0.5) is 0 Å². The first-order valence-corrected chi connectivity index (χ1v) is 9.32. The van der Waals surface area contributed by atoms with Crippen LogP contribution in [0.15, 0.2) is 34.9 Å². The quantitative estimate of drug-likeness (QED) is 0.694. The van der Waals surface area contributed by atoms with Gasteiger partial charge in [-0.2, -0.15) is 0 Å². The maximum Gasteiger partial charge on any atom is 0.205 e. The van der Waals surface area contributed by atoms with Crippen LogP contribution in [0.3, 0.4) is 0 Å². The van der Waals surface area contributed by atoms with Crippen molar-refractivity contribution in [3.8, 4) is 0 Å². The van der Waals surface area contributed by atoms with E-state index in [1.807, 2.05) is 6.07 Å². The van der Waals surface area contributed by atoms with Crippen LogP contribution in [-0.4, -0.2) is 11.6 Å². The largest absolute Gasteiger partial charge is 0.289 e. The normalized spacial score (nSPS) is 25.0. The average molecular weight is 345 g/mol. The highest BCUT2D eigenvalue weighted by Gasteiger charge is 2.38. The molecule has 128 valence electrons. The minimum absolute atomic E-state index is 0.0478. The van der Waals surface area contributed by atoms with Gasteiger partial charge in [0.1, 0.15) is 0 Å². The zero-order valence-electron chi connectivity index (χ0n) is 14.7.